The van der Waals surface area contributed by atoms with Gasteiger partial charge in [0.1, 0.15) is 0 Å². The molecule has 0 bridgehead atoms. The maximum absolute atomic E-state index is 12.4. The first-order valence-corrected chi connectivity index (χ1v) is 9.20. The summed E-state index contributed by atoms with van der Waals surface area (Å²) >= 11 is 5.86. The largest absolute Gasteiger partial charge is 0.358 e. The number of hydrogen-bond donors (Lipinski definition) is 2. The van der Waals surface area contributed by atoms with Gasteiger partial charge in [-0.25, -0.2) is 5.43 Å². The molecule has 0 radical (unpaired) electrons. The van der Waals surface area contributed by atoms with Crippen LogP contribution in [0.15, 0.2) is 47.6 Å². The molecule has 1 atom stereocenters. The van der Waals surface area contributed by atoms with E-state index in [0.717, 1.165) is 29.3 Å². The molecular formula is C21H20ClN3O. The van der Waals surface area contributed by atoms with Gasteiger partial charge in [0.2, 0.25) is 0 Å². The van der Waals surface area contributed by atoms with Gasteiger partial charge in [-0.1, -0.05) is 30.7 Å². The minimum absolute atomic E-state index is 0.212. The van der Waals surface area contributed by atoms with Crippen molar-refractivity contribution in [1.82, 2.24) is 10.4 Å². The van der Waals surface area contributed by atoms with Crippen LogP contribution < -0.4 is 5.43 Å². The molecule has 1 aliphatic carbocycles. The quantitative estimate of drug-likeness (QED) is 0.512. The van der Waals surface area contributed by atoms with Crippen LogP contribution in [0, 0.1) is 5.92 Å². The third-order valence-corrected chi connectivity index (χ3v) is 5.20. The Balaban J connectivity index is 1.53. The lowest BCUT2D eigenvalue weighted by atomic mass is 9.87. The summed E-state index contributed by atoms with van der Waals surface area (Å²) in [5, 5.41) is 5.86. The Kier molecular flexibility index (Phi) is 4.51. The Morgan fingerprint density at radius 3 is 2.88 bits per heavy atom. The van der Waals surface area contributed by atoms with Crippen molar-refractivity contribution in [2.75, 3.05) is 0 Å². The number of carbonyl (C=O) groups is 1. The van der Waals surface area contributed by atoms with Crippen molar-refractivity contribution in [1.29, 1.82) is 0 Å². The van der Waals surface area contributed by atoms with Gasteiger partial charge in [0.15, 0.2) is 0 Å². The molecule has 5 heteroatoms. The molecule has 1 aromatic heterocycles. The summed E-state index contributed by atoms with van der Waals surface area (Å²) < 4.78 is 0. The molecule has 0 fully saturated rings. The van der Waals surface area contributed by atoms with E-state index in [-0.39, 0.29) is 5.91 Å². The summed E-state index contributed by atoms with van der Waals surface area (Å²) in [7, 11) is 0. The van der Waals surface area contributed by atoms with Gasteiger partial charge in [0, 0.05) is 27.2 Å². The van der Waals surface area contributed by atoms with Gasteiger partial charge < -0.3 is 4.98 Å². The second kappa shape index (κ2) is 6.96. The van der Waals surface area contributed by atoms with Crippen molar-refractivity contribution in [3.8, 4) is 0 Å². The van der Waals surface area contributed by atoms with E-state index in [4.69, 9.17) is 11.6 Å². The van der Waals surface area contributed by atoms with Crippen LogP contribution >= 0.6 is 11.6 Å². The molecule has 4 nitrogen and oxygen atoms in total. The number of carbonyl (C=O) groups excluding carboxylic acids is 1. The number of hydrazone groups is 1. The summed E-state index contributed by atoms with van der Waals surface area (Å²) in [4.78, 5) is 15.9. The smallest absolute Gasteiger partial charge is 0.271 e. The second-order valence-corrected chi connectivity index (χ2v) is 7.38. The average molecular weight is 366 g/mol. The zero-order chi connectivity index (χ0) is 18.1. The van der Waals surface area contributed by atoms with E-state index in [1.807, 2.05) is 30.3 Å². The van der Waals surface area contributed by atoms with Crippen LogP contribution in [-0.2, 0) is 12.8 Å². The van der Waals surface area contributed by atoms with E-state index < -0.39 is 0 Å². The van der Waals surface area contributed by atoms with Crippen molar-refractivity contribution in [3.63, 3.8) is 0 Å². The van der Waals surface area contributed by atoms with Gasteiger partial charge in [-0.05, 0) is 66.6 Å². The molecule has 1 unspecified atom stereocenters. The average Bonchev–Trinajstić information content (AvgIpc) is 3.00. The number of fused-ring (bicyclic) bond motifs is 3. The summed E-state index contributed by atoms with van der Waals surface area (Å²) in [5.41, 5.74) is 7.86. The van der Waals surface area contributed by atoms with Crippen molar-refractivity contribution in [2.24, 2.45) is 11.0 Å². The highest BCUT2D eigenvalue weighted by molar-refractivity contribution is 6.30. The van der Waals surface area contributed by atoms with Crippen LogP contribution in [-0.4, -0.2) is 17.1 Å². The number of aryl methyl sites for hydroxylation is 1. The predicted octanol–water partition coefficient (Wildman–Crippen LogP) is 4.71. The van der Waals surface area contributed by atoms with E-state index in [9.17, 15) is 4.79 Å². The maximum Gasteiger partial charge on any atom is 0.271 e. The number of nitrogens with one attached hydrogen (secondary N) is 2. The molecule has 26 heavy (non-hydrogen) atoms. The Bertz CT molecular complexity index is 988. The lowest BCUT2D eigenvalue weighted by Gasteiger charge is -2.18. The van der Waals surface area contributed by atoms with Crippen molar-refractivity contribution in [2.45, 2.75) is 26.2 Å². The molecular weight excluding hydrogens is 346 g/mol. The van der Waals surface area contributed by atoms with E-state index >= 15 is 0 Å². The summed E-state index contributed by atoms with van der Waals surface area (Å²) in [5.74, 6) is 0.471. The summed E-state index contributed by atoms with van der Waals surface area (Å²) in [6, 6.07) is 13.0. The van der Waals surface area contributed by atoms with Gasteiger partial charge in [-0.3, -0.25) is 4.79 Å². The van der Waals surface area contributed by atoms with E-state index in [1.165, 1.54) is 17.7 Å². The third kappa shape index (κ3) is 3.37. The SMILES string of the molecule is CC1CCc2[nH]c3ccc(C(=O)N/N=C\c4ccc(Cl)cc4)cc3c2C1. The van der Waals surface area contributed by atoms with E-state index in [0.29, 0.717) is 16.5 Å². The number of amides is 1. The lowest BCUT2D eigenvalue weighted by molar-refractivity contribution is 0.0955. The fourth-order valence-corrected chi connectivity index (χ4v) is 3.64. The number of H-pyrrole nitrogens is 1. The standard InChI is InChI=1S/C21H20ClN3O/c1-13-2-8-19-17(10-13)18-11-15(5-9-20(18)24-19)21(26)25-23-12-14-3-6-16(22)7-4-14/h3-7,9,11-13,24H,2,8,10H2,1H3,(H,25,26)/b23-12-. The lowest BCUT2D eigenvalue weighted by Crippen LogP contribution is -2.17. The number of aromatic nitrogens is 1. The van der Waals surface area contributed by atoms with Crippen molar-refractivity contribution >= 4 is 34.6 Å². The van der Waals surface area contributed by atoms with Gasteiger partial charge in [0.05, 0.1) is 6.21 Å². The highest BCUT2D eigenvalue weighted by Crippen LogP contribution is 2.32. The Morgan fingerprint density at radius 2 is 2.08 bits per heavy atom. The highest BCUT2D eigenvalue weighted by Gasteiger charge is 2.20. The van der Waals surface area contributed by atoms with Crippen LogP contribution in [0.2, 0.25) is 5.02 Å². The fourth-order valence-electron chi connectivity index (χ4n) is 3.51. The number of rotatable bonds is 3. The molecule has 1 aliphatic rings. The first kappa shape index (κ1) is 16.9. The molecule has 1 heterocycles. The van der Waals surface area contributed by atoms with Crippen LogP contribution in [0.5, 0.6) is 0 Å². The summed E-state index contributed by atoms with van der Waals surface area (Å²) in [6.45, 7) is 2.28. The minimum atomic E-state index is -0.212. The zero-order valence-corrected chi connectivity index (χ0v) is 15.3. The van der Waals surface area contributed by atoms with E-state index in [2.05, 4.69) is 22.4 Å². The maximum atomic E-state index is 12.4. The number of aromatic amines is 1. The fraction of sp³-hybridized carbons (Fsp3) is 0.238. The third-order valence-electron chi connectivity index (χ3n) is 4.95. The predicted molar refractivity (Wildman–Crippen MR) is 106 cm³/mol. The van der Waals surface area contributed by atoms with Gasteiger partial charge in [-0.15, -0.1) is 0 Å². The Labute approximate surface area is 157 Å². The number of halogens is 1. The molecule has 4 rings (SSSR count). The Morgan fingerprint density at radius 1 is 1.27 bits per heavy atom. The number of nitrogens with zero attached hydrogens (tertiary/aromatic N) is 1. The van der Waals surface area contributed by atoms with Crippen LogP contribution in [0.3, 0.4) is 0 Å². The monoisotopic (exact) mass is 365 g/mol. The second-order valence-electron chi connectivity index (χ2n) is 6.94. The zero-order valence-electron chi connectivity index (χ0n) is 14.6. The van der Waals surface area contributed by atoms with Crippen LogP contribution in [0.1, 0.15) is 40.5 Å². The van der Waals surface area contributed by atoms with Gasteiger partial charge in [0.25, 0.3) is 5.91 Å². The van der Waals surface area contributed by atoms with Gasteiger partial charge >= 0.3 is 0 Å². The highest BCUT2D eigenvalue weighted by atomic mass is 35.5. The molecule has 0 spiro atoms. The van der Waals surface area contributed by atoms with Crippen LogP contribution in [0.25, 0.3) is 10.9 Å². The molecule has 2 N–H and O–H groups in total. The normalized spacial score (nSPS) is 16.8. The molecule has 3 aromatic rings. The molecule has 2 aromatic carbocycles. The first-order chi connectivity index (χ1) is 12.6. The molecule has 132 valence electrons. The molecule has 1 amide bonds. The molecule has 0 saturated heterocycles. The topological polar surface area (TPSA) is 57.2 Å². The number of benzene rings is 2. The van der Waals surface area contributed by atoms with Gasteiger partial charge in [-0.2, -0.15) is 5.10 Å². The van der Waals surface area contributed by atoms with E-state index in [1.54, 1.807) is 18.3 Å². The van der Waals surface area contributed by atoms with Crippen molar-refractivity contribution in [3.05, 3.63) is 69.9 Å². The first-order valence-electron chi connectivity index (χ1n) is 8.82. The van der Waals surface area contributed by atoms with Crippen molar-refractivity contribution < 1.29 is 4.79 Å². The Hall–Kier alpha value is -2.59. The molecule has 0 saturated carbocycles. The molecule has 0 aliphatic heterocycles. The number of hydrogen-bond acceptors (Lipinski definition) is 2. The van der Waals surface area contributed by atoms with Crippen LogP contribution in [0.4, 0.5) is 0 Å². The minimum Gasteiger partial charge on any atom is -0.358 e. The summed E-state index contributed by atoms with van der Waals surface area (Å²) in [6.07, 6.45) is 4.96.